The molecule has 1 aromatic rings. The molecular weight excluding hydrogens is 312 g/mol. The van der Waals surface area contributed by atoms with Crippen molar-refractivity contribution in [2.24, 2.45) is 11.3 Å². The van der Waals surface area contributed by atoms with E-state index in [1.807, 2.05) is 0 Å². The number of aryl methyl sites for hydroxylation is 1. The first-order valence-corrected chi connectivity index (χ1v) is 8.80. The highest BCUT2D eigenvalue weighted by Gasteiger charge is 2.33. The Balaban J connectivity index is 2.04. The van der Waals surface area contributed by atoms with Crippen LogP contribution in [-0.4, -0.2) is 11.4 Å². The van der Waals surface area contributed by atoms with Gasteiger partial charge in [0.2, 0.25) is 0 Å². The molecular formula is C18H27BrO. The topological polar surface area (TPSA) is 9.23 Å². The van der Waals surface area contributed by atoms with Crippen LogP contribution < -0.4 is 0 Å². The first-order valence-electron chi connectivity index (χ1n) is 7.67. The lowest BCUT2D eigenvalue weighted by atomic mass is 9.71. The fourth-order valence-corrected chi connectivity index (χ4v) is 4.11. The van der Waals surface area contributed by atoms with Gasteiger partial charge in [0.15, 0.2) is 0 Å². The maximum atomic E-state index is 6.43. The van der Waals surface area contributed by atoms with E-state index in [0.717, 1.165) is 11.2 Å². The Bertz CT molecular complexity index is 424. The molecule has 0 spiro atoms. The summed E-state index contributed by atoms with van der Waals surface area (Å²) >= 11 is 3.62. The summed E-state index contributed by atoms with van der Waals surface area (Å²) in [4.78, 5) is 0. The zero-order valence-electron chi connectivity index (χ0n) is 13.2. The number of hydrogen-bond acceptors (Lipinski definition) is 1. The van der Waals surface area contributed by atoms with Gasteiger partial charge in [0, 0.05) is 5.33 Å². The van der Waals surface area contributed by atoms with E-state index in [-0.39, 0.29) is 6.10 Å². The van der Waals surface area contributed by atoms with Gasteiger partial charge in [0.05, 0.1) is 12.2 Å². The third-order valence-corrected chi connectivity index (χ3v) is 4.88. The van der Waals surface area contributed by atoms with E-state index >= 15 is 0 Å². The number of benzene rings is 1. The third-order valence-electron chi connectivity index (χ3n) is 4.29. The first-order chi connectivity index (χ1) is 9.39. The molecule has 1 aromatic carbocycles. The van der Waals surface area contributed by atoms with Gasteiger partial charge in [0.1, 0.15) is 0 Å². The van der Waals surface area contributed by atoms with Crippen LogP contribution in [0.2, 0.25) is 0 Å². The first kappa shape index (κ1) is 16.0. The van der Waals surface area contributed by atoms with E-state index in [4.69, 9.17) is 4.74 Å². The molecule has 0 aromatic heterocycles. The highest BCUT2D eigenvalue weighted by molar-refractivity contribution is 9.09. The molecule has 2 heteroatoms. The van der Waals surface area contributed by atoms with Crippen LogP contribution in [0.5, 0.6) is 0 Å². The maximum absolute atomic E-state index is 6.43. The number of ether oxygens (including phenoxy) is 1. The molecule has 0 saturated heterocycles. The average Bonchev–Trinajstić information content (AvgIpc) is 2.34. The van der Waals surface area contributed by atoms with Crippen LogP contribution >= 0.6 is 15.9 Å². The molecule has 1 saturated carbocycles. The minimum atomic E-state index is 0.168. The van der Waals surface area contributed by atoms with Crippen LogP contribution in [0.1, 0.15) is 57.3 Å². The molecule has 20 heavy (non-hydrogen) atoms. The van der Waals surface area contributed by atoms with Crippen molar-refractivity contribution < 1.29 is 4.74 Å². The summed E-state index contributed by atoms with van der Waals surface area (Å²) in [6.07, 6.45) is 4.24. The second-order valence-corrected chi connectivity index (χ2v) is 7.87. The van der Waals surface area contributed by atoms with Gasteiger partial charge in [-0.15, -0.1) is 0 Å². The molecule has 1 fully saturated rings. The van der Waals surface area contributed by atoms with Crippen molar-refractivity contribution in [3.8, 4) is 0 Å². The van der Waals surface area contributed by atoms with Crippen molar-refractivity contribution in [1.82, 2.24) is 0 Å². The highest BCUT2D eigenvalue weighted by atomic mass is 79.9. The molecule has 3 unspecified atom stereocenters. The van der Waals surface area contributed by atoms with Crippen LogP contribution in [0.3, 0.4) is 0 Å². The summed E-state index contributed by atoms with van der Waals surface area (Å²) < 4.78 is 6.43. The van der Waals surface area contributed by atoms with Crippen LogP contribution in [0.4, 0.5) is 0 Å². The largest absolute Gasteiger partial charge is 0.369 e. The van der Waals surface area contributed by atoms with Crippen molar-refractivity contribution >= 4 is 15.9 Å². The fraction of sp³-hybridized carbons (Fsp3) is 0.667. The molecule has 112 valence electrons. The Morgan fingerprint density at radius 1 is 1.25 bits per heavy atom. The number of halogens is 1. The molecule has 1 aliphatic carbocycles. The van der Waals surface area contributed by atoms with E-state index in [2.05, 4.69) is 67.9 Å². The standard InChI is InChI=1S/C18H27BrO/c1-13-5-7-15(8-6-13)17(12-19)20-16-9-14(2)10-18(3,4)11-16/h5-8,14,16-17H,9-12H2,1-4H3. The SMILES string of the molecule is Cc1ccc(C(CBr)OC2CC(C)CC(C)(C)C2)cc1. The molecule has 1 aliphatic rings. The number of rotatable bonds is 4. The van der Waals surface area contributed by atoms with Gasteiger partial charge in [-0.25, -0.2) is 0 Å². The van der Waals surface area contributed by atoms with Crippen LogP contribution in [0.15, 0.2) is 24.3 Å². The lowest BCUT2D eigenvalue weighted by molar-refractivity contribution is -0.0579. The van der Waals surface area contributed by atoms with Gasteiger partial charge in [0.25, 0.3) is 0 Å². The van der Waals surface area contributed by atoms with Crippen molar-refractivity contribution in [1.29, 1.82) is 0 Å². The fourth-order valence-electron chi connectivity index (χ4n) is 3.58. The van der Waals surface area contributed by atoms with Gasteiger partial charge in [-0.2, -0.15) is 0 Å². The third kappa shape index (κ3) is 4.33. The molecule has 1 nitrogen and oxygen atoms in total. The Kier molecular flexibility index (Phi) is 5.30. The lowest BCUT2D eigenvalue weighted by Gasteiger charge is -2.40. The summed E-state index contributed by atoms with van der Waals surface area (Å²) in [5, 5.41) is 0.862. The van der Waals surface area contributed by atoms with E-state index < -0.39 is 0 Å². The summed E-state index contributed by atoms with van der Waals surface area (Å²) in [6.45, 7) is 9.22. The highest BCUT2D eigenvalue weighted by Crippen LogP contribution is 2.41. The van der Waals surface area contributed by atoms with Gasteiger partial charge in [-0.1, -0.05) is 66.5 Å². The van der Waals surface area contributed by atoms with E-state index in [1.54, 1.807) is 0 Å². The Labute approximate surface area is 132 Å². The number of alkyl halides is 1. The normalized spacial score (nSPS) is 27.2. The zero-order chi connectivity index (χ0) is 14.8. The average molecular weight is 339 g/mol. The molecule has 0 amide bonds. The van der Waals surface area contributed by atoms with Gasteiger partial charge in [-0.05, 0) is 43.1 Å². The second kappa shape index (κ2) is 6.62. The predicted molar refractivity (Wildman–Crippen MR) is 89.4 cm³/mol. The molecule has 2 rings (SSSR count). The van der Waals surface area contributed by atoms with Crippen molar-refractivity contribution in [2.75, 3.05) is 5.33 Å². The van der Waals surface area contributed by atoms with Crippen molar-refractivity contribution in [3.63, 3.8) is 0 Å². The lowest BCUT2D eigenvalue weighted by Crippen LogP contribution is -2.33. The maximum Gasteiger partial charge on any atom is 0.0925 e. The van der Waals surface area contributed by atoms with Crippen LogP contribution in [0.25, 0.3) is 0 Å². The minimum Gasteiger partial charge on any atom is -0.369 e. The van der Waals surface area contributed by atoms with E-state index in [1.165, 1.54) is 30.4 Å². The second-order valence-electron chi connectivity index (χ2n) is 7.23. The van der Waals surface area contributed by atoms with E-state index in [0.29, 0.717) is 11.5 Å². The quantitative estimate of drug-likeness (QED) is 0.643. The molecule has 0 aliphatic heterocycles. The minimum absolute atomic E-state index is 0.168. The summed E-state index contributed by atoms with van der Waals surface area (Å²) in [6, 6.07) is 8.72. The van der Waals surface area contributed by atoms with Crippen LogP contribution in [0, 0.1) is 18.3 Å². The van der Waals surface area contributed by atoms with Gasteiger partial charge >= 0.3 is 0 Å². The molecule has 3 atom stereocenters. The molecule has 0 heterocycles. The van der Waals surface area contributed by atoms with Crippen molar-refractivity contribution in [3.05, 3.63) is 35.4 Å². The Morgan fingerprint density at radius 3 is 2.45 bits per heavy atom. The van der Waals surface area contributed by atoms with Crippen LogP contribution in [-0.2, 0) is 4.74 Å². The molecule has 0 radical (unpaired) electrons. The van der Waals surface area contributed by atoms with Crippen molar-refractivity contribution in [2.45, 2.75) is 59.2 Å². The summed E-state index contributed by atoms with van der Waals surface area (Å²) in [5.74, 6) is 0.762. The molecule has 0 bridgehead atoms. The van der Waals surface area contributed by atoms with E-state index in [9.17, 15) is 0 Å². The monoisotopic (exact) mass is 338 g/mol. The smallest absolute Gasteiger partial charge is 0.0925 e. The predicted octanol–water partition coefficient (Wildman–Crippen LogP) is 5.66. The Morgan fingerprint density at radius 2 is 1.90 bits per heavy atom. The zero-order valence-corrected chi connectivity index (χ0v) is 14.7. The molecule has 0 N–H and O–H groups in total. The van der Waals surface area contributed by atoms with Gasteiger partial charge in [-0.3, -0.25) is 0 Å². The number of hydrogen-bond donors (Lipinski definition) is 0. The van der Waals surface area contributed by atoms with Gasteiger partial charge < -0.3 is 4.74 Å². The Hall–Kier alpha value is -0.340. The summed E-state index contributed by atoms with van der Waals surface area (Å²) in [7, 11) is 0. The summed E-state index contributed by atoms with van der Waals surface area (Å²) in [5.41, 5.74) is 2.99.